The first-order chi connectivity index (χ1) is 17.0. The van der Waals surface area contributed by atoms with Gasteiger partial charge in [0.2, 0.25) is 5.95 Å². The molecule has 3 aromatic rings. The second kappa shape index (κ2) is 10.6. The average molecular weight is 497 g/mol. The number of aliphatic hydroxyl groups is 1. The summed E-state index contributed by atoms with van der Waals surface area (Å²) in [4.78, 5) is 29.2. The van der Waals surface area contributed by atoms with E-state index in [4.69, 9.17) is 4.98 Å². The minimum absolute atomic E-state index is 0.0920. The summed E-state index contributed by atoms with van der Waals surface area (Å²) in [6, 6.07) is 0.670. The molecule has 1 atom stereocenters. The molecule has 1 saturated carbocycles. The molecular formula is C26H36N6O2S. The van der Waals surface area contributed by atoms with Crippen LogP contribution in [0.25, 0.3) is 11.0 Å². The predicted octanol–water partition coefficient (Wildman–Crippen LogP) is 4.98. The number of hydrogen-bond acceptors (Lipinski definition) is 7. The van der Waals surface area contributed by atoms with Crippen LogP contribution in [0.4, 0.5) is 5.95 Å². The van der Waals surface area contributed by atoms with Gasteiger partial charge in [-0.1, -0.05) is 13.3 Å². The fraction of sp³-hybridized carbons (Fsp3) is 0.615. The highest BCUT2D eigenvalue weighted by Gasteiger charge is 2.30. The molecule has 8 nitrogen and oxygen atoms in total. The number of nitrogens with one attached hydrogen (secondary N) is 1. The van der Waals surface area contributed by atoms with Crippen molar-refractivity contribution in [2.24, 2.45) is 0 Å². The van der Waals surface area contributed by atoms with Gasteiger partial charge in [-0.2, -0.15) is 4.98 Å². The summed E-state index contributed by atoms with van der Waals surface area (Å²) in [7, 11) is 0. The van der Waals surface area contributed by atoms with E-state index in [-0.39, 0.29) is 12.0 Å². The highest BCUT2D eigenvalue weighted by atomic mass is 32.1. The van der Waals surface area contributed by atoms with Gasteiger partial charge < -0.3 is 19.9 Å². The van der Waals surface area contributed by atoms with Crippen LogP contribution < -0.4 is 5.32 Å². The van der Waals surface area contributed by atoms with Gasteiger partial charge in [0.25, 0.3) is 5.91 Å². The summed E-state index contributed by atoms with van der Waals surface area (Å²) in [5.41, 5.74) is 4.00. The fourth-order valence-electron chi connectivity index (χ4n) is 5.66. The Hall–Kier alpha value is -2.52. The first kappa shape index (κ1) is 24.2. The van der Waals surface area contributed by atoms with Crippen molar-refractivity contribution in [3.8, 4) is 0 Å². The lowest BCUT2D eigenvalue weighted by molar-refractivity contribution is 0.0717. The summed E-state index contributed by atoms with van der Waals surface area (Å²) in [6.45, 7) is 5.86. The van der Waals surface area contributed by atoms with E-state index in [1.165, 1.54) is 16.9 Å². The number of piperidine rings is 1. The molecule has 188 valence electrons. The monoisotopic (exact) mass is 496 g/mol. The quantitative estimate of drug-likeness (QED) is 0.479. The number of hydrogen-bond donors (Lipinski definition) is 2. The van der Waals surface area contributed by atoms with E-state index in [0.29, 0.717) is 28.8 Å². The number of thiazole rings is 1. The molecule has 0 spiro atoms. The Morgan fingerprint density at radius 2 is 1.97 bits per heavy atom. The van der Waals surface area contributed by atoms with Crippen LogP contribution >= 0.6 is 11.3 Å². The van der Waals surface area contributed by atoms with E-state index in [1.54, 1.807) is 11.7 Å². The van der Waals surface area contributed by atoms with Crippen molar-refractivity contribution in [1.82, 2.24) is 24.4 Å². The number of aromatic nitrogens is 4. The maximum Gasteiger partial charge on any atom is 0.265 e. The van der Waals surface area contributed by atoms with Crippen molar-refractivity contribution < 1.29 is 9.90 Å². The molecule has 1 aliphatic heterocycles. The Balaban J connectivity index is 1.40. The minimum atomic E-state index is -0.185. The lowest BCUT2D eigenvalue weighted by Gasteiger charge is -2.31. The van der Waals surface area contributed by atoms with E-state index in [0.717, 1.165) is 75.5 Å². The van der Waals surface area contributed by atoms with Crippen LogP contribution in [0.3, 0.4) is 0 Å². The number of amides is 1. The molecule has 4 heterocycles. The van der Waals surface area contributed by atoms with Crippen molar-refractivity contribution in [3.05, 3.63) is 34.5 Å². The largest absolute Gasteiger partial charge is 0.393 e. The Morgan fingerprint density at radius 3 is 2.66 bits per heavy atom. The number of aliphatic hydroxyl groups excluding tert-OH is 1. The standard InChI is InChI=1S/C26H36N6O2S/c1-3-4-17(2)29-26-28-13-21-22(15-32(24(21)30-26)19-5-7-20(33)8-6-19)18-9-11-31(12-10-18)25(34)23-14-27-16-35-23/h13-20,33H,3-12H2,1-2H3,(H,28,29,30)/t17-,19-,20-/m0/s1. The SMILES string of the molecule is CCC[C@H](C)Nc1ncc2c(C3CCN(C(=O)c4cncs4)CC3)cn([C@H]3CC[C@H](O)CC3)c2n1. The highest BCUT2D eigenvalue weighted by Crippen LogP contribution is 2.38. The van der Waals surface area contributed by atoms with Gasteiger partial charge in [-0.05, 0) is 63.4 Å². The summed E-state index contributed by atoms with van der Waals surface area (Å²) < 4.78 is 2.35. The number of carbonyl (C=O) groups excluding carboxylic acids is 1. The Kier molecular flexibility index (Phi) is 7.34. The first-order valence-corrected chi connectivity index (χ1v) is 13.9. The molecule has 9 heteroatoms. The third-order valence-corrected chi connectivity index (χ3v) is 8.39. The number of nitrogens with zero attached hydrogens (tertiary/aromatic N) is 5. The van der Waals surface area contributed by atoms with Crippen molar-refractivity contribution in [2.75, 3.05) is 18.4 Å². The van der Waals surface area contributed by atoms with Gasteiger partial charge in [-0.25, -0.2) is 4.98 Å². The van der Waals surface area contributed by atoms with E-state index < -0.39 is 0 Å². The number of fused-ring (bicyclic) bond motifs is 1. The van der Waals surface area contributed by atoms with Crippen LogP contribution in [0.15, 0.2) is 24.1 Å². The van der Waals surface area contributed by atoms with E-state index in [1.807, 2.05) is 11.1 Å². The number of likely N-dealkylation sites (tertiary alicyclic amines) is 1. The van der Waals surface area contributed by atoms with Gasteiger partial charge in [-0.15, -0.1) is 11.3 Å². The summed E-state index contributed by atoms with van der Waals surface area (Å²) in [5, 5.41) is 14.6. The second-order valence-corrected chi connectivity index (χ2v) is 11.0. The number of carbonyl (C=O) groups is 1. The molecule has 5 rings (SSSR count). The Labute approximate surface area is 210 Å². The fourth-order valence-corrected chi connectivity index (χ4v) is 6.25. The molecule has 35 heavy (non-hydrogen) atoms. The summed E-state index contributed by atoms with van der Waals surface area (Å²) in [6.07, 6.45) is 13.4. The van der Waals surface area contributed by atoms with E-state index >= 15 is 0 Å². The van der Waals surface area contributed by atoms with E-state index in [9.17, 15) is 9.90 Å². The molecule has 1 saturated heterocycles. The predicted molar refractivity (Wildman–Crippen MR) is 139 cm³/mol. The van der Waals surface area contributed by atoms with Crippen LogP contribution in [-0.4, -0.2) is 60.7 Å². The van der Waals surface area contributed by atoms with Crippen LogP contribution in [0, 0.1) is 0 Å². The highest BCUT2D eigenvalue weighted by molar-refractivity contribution is 7.11. The zero-order valence-electron chi connectivity index (χ0n) is 20.7. The third-order valence-electron chi connectivity index (χ3n) is 7.62. The number of anilines is 1. The summed E-state index contributed by atoms with van der Waals surface area (Å²) in [5.74, 6) is 1.15. The Bertz CT molecular complexity index is 1130. The number of rotatable bonds is 7. The smallest absolute Gasteiger partial charge is 0.265 e. The topological polar surface area (TPSA) is 96.2 Å². The van der Waals surface area contributed by atoms with Gasteiger partial charge in [0.15, 0.2) is 0 Å². The van der Waals surface area contributed by atoms with Gasteiger partial charge in [0, 0.05) is 43.0 Å². The van der Waals surface area contributed by atoms with Crippen molar-refractivity contribution in [2.45, 2.75) is 89.3 Å². The molecule has 2 fully saturated rings. The molecule has 3 aromatic heterocycles. The van der Waals surface area contributed by atoms with Gasteiger partial charge in [0.05, 0.1) is 17.8 Å². The minimum Gasteiger partial charge on any atom is -0.393 e. The summed E-state index contributed by atoms with van der Waals surface area (Å²) >= 11 is 1.41. The lowest BCUT2D eigenvalue weighted by Crippen LogP contribution is -2.37. The molecule has 2 N–H and O–H groups in total. The van der Waals surface area contributed by atoms with Crippen molar-refractivity contribution in [3.63, 3.8) is 0 Å². The maximum absolute atomic E-state index is 12.8. The van der Waals surface area contributed by atoms with Gasteiger partial charge >= 0.3 is 0 Å². The zero-order chi connectivity index (χ0) is 24.4. The molecule has 2 aliphatic rings. The Morgan fingerprint density at radius 1 is 1.20 bits per heavy atom. The van der Waals surface area contributed by atoms with Crippen LogP contribution in [0.5, 0.6) is 0 Å². The molecule has 0 unspecified atom stereocenters. The van der Waals surface area contributed by atoms with E-state index in [2.05, 4.69) is 39.9 Å². The van der Waals surface area contributed by atoms with Crippen molar-refractivity contribution >= 4 is 34.2 Å². The van der Waals surface area contributed by atoms with Crippen molar-refractivity contribution in [1.29, 1.82) is 0 Å². The molecule has 1 aliphatic carbocycles. The first-order valence-electron chi connectivity index (χ1n) is 13.0. The molecule has 0 radical (unpaired) electrons. The molecule has 0 aromatic carbocycles. The second-order valence-electron chi connectivity index (χ2n) is 10.2. The molecular weight excluding hydrogens is 460 g/mol. The maximum atomic E-state index is 12.8. The molecule has 1 amide bonds. The van der Waals surface area contributed by atoms with Crippen LogP contribution in [-0.2, 0) is 0 Å². The average Bonchev–Trinajstić information content (AvgIpc) is 3.53. The zero-order valence-corrected chi connectivity index (χ0v) is 21.5. The van der Waals surface area contributed by atoms with Gasteiger partial charge in [-0.3, -0.25) is 9.78 Å². The normalized spacial score (nSPS) is 22.4. The van der Waals surface area contributed by atoms with Crippen LogP contribution in [0.1, 0.15) is 92.4 Å². The molecule has 0 bridgehead atoms. The van der Waals surface area contributed by atoms with Gasteiger partial charge in [0.1, 0.15) is 10.5 Å². The van der Waals surface area contributed by atoms with Crippen LogP contribution in [0.2, 0.25) is 0 Å². The lowest BCUT2D eigenvalue weighted by atomic mass is 9.89. The third kappa shape index (κ3) is 5.21.